The molecule has 0 spiro atoms. The predicted molar refractivity (Wildman–Crippen MR) is 72.8 cm³/mol. The SMILES string of the molecule is CCCCOc1ccc(C(OCC)OCC)cc1. The zero-order chi connectivity index (χ0) is 13.2. The second kappa shape index (κ2) is 8.95. The average Bonchev–Trinajstić information content (AvgIpc) is 2.40. The van der Waals surface area contributed by atoms with E-state index >= 15 is 0 Å². The molecule has 0 unspecified atom stereocenters. The van der Waals surface area contributed by atoms with Crippen molar-refractivity contribution in [1.29, 1.82) is 0 Å². The highest BCUT2D eigenvalue weighted by atomic mass is 16.7. The van der Waals surface area contributed by atoms with E-state index in [-0.39, 0.29) is 6.29 Å². The Morgan fingerprint density at radius 1 is 0.944 bits per heavy atom. The lowest BCUT2D eigenvalue weighted by Crippen LogP contribution is -2.08. The molecule has 0 N–H and O–H groups in total. The normalized spacial score (nSPS) is 10.9. The van der Waals surface area contributed by atoms with Gasteiger partial charge in [0.2, 0.25) is 0 Å². The Morgan fingerprint density at radius 3 is 2.06 bits per heavy atom. The van der Waals surface area contributed by atoms with Gasteiger partial charge in [0.25, 0.3) is 0 Å². The summed E-state index contributed by atoms with van der Waals surface area (Å²) in [5.74, 6) is 0.902. The van der Waals surface area contributed by atoms with Crippen molar-refractivity contribution in [1.82, 2.24) is 0 Å². The molecule has 0 saturated heterocycles. The van der Waals surface area contributed by atoms with Crippen molar-refractivity contribution in [2.24, 2.45) is 0 Å². The van der Waals surface area contributed by atoms with Crippen LogP contribution in [0.15, 0.2) is 24.3 Å². The molecule has 1 aromatic carbocycles. The van der Waals surface area contributed by atoms with Crippen molar-refractivity contribution in [2.75, 3.05) is 19.8 Å². The fraction of sp³-hybridized carbons (Fsp3) is 0.600. The van der Waals surface area contributed by atoms with Crippen LogP contribution in [0.3, 0.4) is 0 Å². The van der Waals surface area contributed by atoms with Crippen molar-refractivity contribution in [2.45, 2.75) is 39.9 Å². The first kappa shape index (κ1) is 15.0. The number of ether oxygens (including phenoxy) is 3. The van der Waals surface area contributed by atoms with E-state index in [0.717, 1.165) is 30.8 Å². The summed E-state index contributed by atoms with van der Waals surface area (Å²) in [6.45, 7) is 8.14. The lowest BCUT2D eigenvalue weighted by atomic mass is 10.2. The third-order valence-corrected chi connectivity index (χ3v) is 2.55. The number of benzene rings is 1. The van der Waals surface area contributed by atoms with Gasteiger partial charge in [-0.25, -0.2) is 0 Å². The van der Waals surface area contributed by atoms with Gasteiger partial charge < -0.3 is 14.2 Å². The van der Waals surface area contributed by atoms with Gasteiger partial charge in [0.05, 0.1) is 6.61 Å². The Labute approximate surface area is 110 Å². The molecule has 0 radical (unpaired) electrons. The number of rotatable bonds is 9. The van der Waals surface area contributed by atoms with Crippen molar-refractivity contribution >= 4 is 0 Å². The minimum atomic E-state index is -0.273. The highest BCUT2D eigenvalue weighted by molar-refractivity contribution is 5.27. The largest absolute Gasteiger partial charge is 0.494 e. The fourth-order valence-corrected chi connectivity index (χ4v) is 1.60. The van der Waals surface area contributed by atoms with E-state index in [4.69, 9.17) is 14.2 Å². The van der Waals surface area contributed by atoms with Gasteiger partial charge in [0.15, 0.2) is 6.29 Å². The van der Waals surface area contributed by atoms with Gasteiger partial charge in [0.1, 0.15) is 5.75 Å². The molecule has 0 atom stereocenters. The van der Waals surface area contributed by atoms with Crippen LogP contribution in [0.25, 0.3) is 0 Å². The molecule has 0 heterocycles. The Morgan fingerprint density at radius 2 is 1.56 bits per heavy atom. The molecule has 18 heavy (non-hydrogen) atoms. The summed E-state index contributed by atoms with van der Waals surface area (Å²) in [6.07, 6.45) is 1.96. The van der Waals surface area contributed by atoms with Crippen molar-refractivity contribution < 1.29 is 14.2 Å². The van der Waals surface area contributed by atoms with Gasteiger partial charge in [-0.3, -0.25) is 0 Å². The first-order valence-electron chi connectivity index (χ1n) is 6.77. The fourth-order valence-electron chi connectivity index (χ4n) is 1.60. The average molecular weight is 252 g/mol. The van der Waals surface area contributed by atoms with Crippen molar-refractivity contribution in [3.8, 4) is 5.75 Å². The molecule has 0 aliphatic rings. The molecule has 0 aliphatic heterocycles. The second-order valence-corrected chi connectivity index (χ2v) is 4.01. The molecule has 0 fully saturated rings. The van der Waals surface area contributed by atoms with Crippen LogP contribution in [0.2, 0.25) is 0 Å². The van der Waals surface area contributed by atoms with E-state index in [9.17, 15) is 0 Å². The van der Waals surface area contributed by atoms with Crippen LogP contribution in [0.1, 0.15) is 45.5 Å². The van der Waals surface area contributed by atoms with Gasteiger partial charge >= 0.3 is 0 Å². The minimum absolute atomic E-state index is 0.273. The van der Waals surface area contributed by atoms with E-state index in [0.29, 0.717) is 13.2 Å². The van der Waals surface area contributed by atoms with Crippen LogP contribution in [0.4, 0.5) is 0 Å². The van der Waals surface area contributed by atoms with E-state index < -0.39 is 0 Å². The summed E-state index contributed by atoms with van der Waals surface area (Å²) in [7, 11) is 0. The maximum absolute atomic E-state index is 5.62. The Kier molecular flexibility index (Phi) is 7.46. The molecular weight excluding hydrogens is 228 g/mol. The Hall–Kier alpha value is -1.06. The zero-order valence-corrected chi connectivity index (χ0v) is 11.6. The first-order valence-corrected chi connectivity index (χ1v) is 6.77. The maximum Gasteiger partial charge on any atom is 0.183 e. The van der Waals surface area contributed by atoms with Gasteiger partial charge in [-0.2, -0.15) is 0 Å². The van der Waals surface area contributed by atoms with Crippen molar-refractivity contribution in [3.63, 3.8) is 0 Å². The van der Waals surface area contributed by atoms with Crippen LogP contribution in [0.5, 0.6) is 5.75 Å². The molecule has 3 heteroatoms. The predicted octanol–water partition coefficient (Wildman–Crippen LogP) is 3.94. The van der Waals surface area contributed by atoms with Gasteiger partial charge in [-0.15, -0.1) is 0 Å². The summed E-state index contributed by atoms with van der Waals surface area (Å²) in [4.78, 5) is 0. The van der Waals surface area contributed by atoms with Crippen LogP contribution in [-0.2, 0) is 9.47 Å². The molecule has 1 rings (SSSR count). The second-order valence-electron chi connectivity index (χ2n) is 4.01. The molecule has 0 aliphatic carbocycles. The minimum Gasteiger partial charge on any atom is -0.494 e. The Bertz CT molecular complexity index is 302. The first-order chi connectivity index (χ1) is 8.81. The highest BCUT2D eigenvalue weighted by Crippen LogP contribution is 2.22. The van der Waals surface area contributed by atoms with Gasteiger partial charge in [0, 0.05) is 18.8 Å². The van der Waals surface area contributed by atoms with E-state index in [1.54, 1.807) is 0 Å². The molecule has 1 aromatic rings. The topological polar surface area (TPSA) is 27.7 Å². The highest BCUT2D eigenvalue weighted by Gasteiger charge is 2.10. The van der Waals surface area contributed by atoms with Crippen molar-refractivity contribution in [3.05, 3.63) is 29.8 Å². The molecule has 0 amide bonds. The zero-order valence-electron chi connectivity index (χ0n) is 11.6. The number of hydrogen-bond donors (Lipinski definition) is 0. The summed E-state index contributed by atoms with van der Waals surface area (Å²) in [6, 6.07) is 7.93. The van der Waals surface area contributed by atoms with Gasteiger partial charge in [-0.1, -0.05) is 25.5 Å². The smallest absolute Gasteiger partial charge is 0.183 e. The summed E-state index contributed by atoms with van der Waals surface area (Å²) >= 11 is 0. The third-order valence-electron chi connectivity index (χ3n) is 2.55. The third kappa shape index (κ3) is 5.07. The summed E-state index contributed by atoms with van der Waals surface area (Å²) in [5.41, 5.74) is 1.03. The van der Waals surface area contributed by atoms with Gasteiger partial charge in [-0.05, 0) is 32.4 Å². The lowest BCUT2D eigenvalue weighted by Gasteiger charge is -2.17. The number of unbranched alkanes of at least 4 members (excludes halogenated alkanes) is 1. The molecular formula is C15H24O3. The lowest BCUT2D eigenvalue weighted by molar-refractivity contribution is -0.140. The monoisotopic (exact) mass is 252 g/mol. The Balaban J connectivity index is 2.56. The van der Waals surface area contributed by atoms with E-state index in [1.165, 1.54) is 0 Å². The molecule has 3 nitrogen and oxygen atoms in total. The molecule has 0 aromatic heterocycles. The maximum atomic E-state index is 5.62. The molecule has 102 valence electrons. The standard InChI is InChI=1S/C15H24O3/c1-4-7-12-18-14-10-8-13(9-11-14)15(16-5-2)17-6-3/h8-11,15H,4-7,12H2,1-3H3. The molecule has 0 bridgehead atoms. The quantitative estimate of drug-likeness (QED) is 0.492. The summed E-state index contributed by atoms with van der Waals surface area (Å²) < 4.78 is 16.7. The van der Waals surface area contributed by atoms with Crippen LogP contribution in [-0.4, -0.2) is 19.8 Å². The summed E-state index contributed by atoms with van der Waals surface area (Å²) in [5, 5.41) is 0. The van der Waals surface area contributed by atoms with Crippen LogP contribution < -0.4 is 4.74 Å². The van der Waals surface area contributed by atoms with Crippen LogP contribution in [0, 0.1) is 0 Å². The molecule has 0 saturated carbocycles. The van der Waals surface area contributed by atoms with Crippen LogP contribution >= 0.6 is 0 Å². The van der Waals surface area contributed by atoms with E-state index in [1.807, 2.05) is 38.1 Å². The number of hydrogen-bond acceptors (Lipinski definition) is 3. The van der Waals surface area contributed by atoms with E-state index in [2.05, 4.69) is 6.92 Å².